The molecule has 1 heterocycles. The molecule has 0 amide bonds. The summed E-state index contributed by atoms with van der Waals surface area (Å²) in [6, 6.07) is 0.416. The van der Waals surface area contributed by atoms with E-state index in [1.54, 1.807) is 6.20 Å². The van der Waals surface area contributed by atoms with E-state index in [0.717, 1.165) is 25.2 Å². The molecule has 0 atom stereocenters. The van der Waals surface area contributed by atoms with Crippen molar-refractivity contribution in [2.24, 2.45) is 5.92 Å². The van der Waals surface area contributed by atoms with Crippen LogP contribution in [0.15, 0.2) is 11.0 Å². The topological polar surface area (TPSA) is 46.9 Å². The molecular weight excluding hydrogens is 286 g/mol. The molecule has 0 unspecified atom stereocenters. The Morgan fingerprint density at radius 2 is 2.00 bits per heavy atom. The zero-order valence-electron chi connectivity index (χ0n) is 13.1. The fraction of sp³-hybridized carbons (Fsp3) is 0.750. The Balaban J connectivity index is 1.98. The highest BCUT2D eigenvalue weighted by atomic mass is 35.5. The van der Waals surface area contributed by atoms with Gasteiger partial charge in [0.05, 0.1) is 11.9 Å². The molecule has 118 valence electrons. The van der Waals surface area contributed by atoms with Gasteiger partial charge in [0.15, 0.2) is 0 Å². The molecule has 2 rings (SSSR count). The van der Waals surface area contributed by atoms with Crippen LogP contribution in [0.25, 0.3) is 0 Å². The maximum absolute atomic E-state index is 12.1. The Kier molecular flexibility index (Phi) is 6.09. The maximum Gasteiger partial charge on any atom is 0.287 e. The molecule has 4 nitrogen and oxygen atoms in total. The lowest BCUT2D eigenvalue weighted by Crippen LogP contribution is -2.29. The second kappa shape index (κ2) is 7.83. The summed E-state index contributed by atoms with van der Waals surface area (Å²) in [6.45, 7) is 4.88. The molecule has 0 bridgehead atoms. The van der Waals surface area contributed by atoms with Crippen LogP contribution in [0.2, 0.25) is 5.02 Å². The van der Waals surface area contributed by atoms with Gasteiger partial charge in [-0.3, -0.25) is 4.79 Å². The van der Waals surface area contributed by atoms with E-state index < -0.39 is 0 Å². The van der Waals surface area contributed by atoms with Gasteiger partial charge in [-0.15, -0.1) is 0 Å². The van der Waals surface area contributed by atoms with Crippen molar-refractivity contribution in [1.82, 2.24) is 9.78 Å². The second-order valence-electron chi connectivity index (χ2n) is 6.05. The first-order valence-electron chi connectivity index (χ1n) is 8.17. The third kappa shape index (κ3) is 4.22. The number of nitrogens with zero attached hydrogens (tertiary/aromatic N) is 2. The number of anilines is 1. The zero-order chi connectivity index (χ0) is 15.2. The molecule has 1 aliphatic carbocycles. The highest BCUT2D eigenvalue weighted by molar-refractivity contribution is 6.32. The lowest BCUT2D eigenvalue weighted by Gasteiger charge is -2.29. The van der Waals surface area contributed by atoms with Crippen molar-refractivity contribution in [2.75, 3.05) is 5.32 Å². The van der Waals surface area contributed by atoms with Crippen molar-refractivity contribution >= 4 is 17.3 Å². The number of rotatable bonds is 6. The van der Waals surface area contributed by atoms with Crippen molar-refractivity contribution in [3.63, 3.8) is 0 Å². The Morgan fingerprint density at radius 3 is 2.62 bits per heavy atom. The predicted molar refractivity (Wildman–Crippen MR) is 88.1 cm³/mol. The average molecular weight is 312 g/mol. The van der Waals surface area contributed by atoms with Gasteiger partial charge < -0.3 is 5.32 Å². The van der Waals surface area contributed by atoms with Gasteiger partial charge in [0.25, 0.3) is 5.56 Å². The van der Waals surface area contributed by atoms with Crippen LogP contribution in [0.5, 0.6) is 0 Å². The normalized spacial score (nSPS) is 22.2. The van der Waals surface area contributed by atoms with Gasteiger partial charge in [0.2, 0.25) is 0 Å². The number of hydrogen-bond donors (Lipinski definition) is 1. The summed E-state index contributed by atoms with van der Waals surface area (Å²) >= 11 is 6.20. The molecule has 1 aromatic rings. The van der Waals surface area contributed by atoms with Crippen LogP contribution < -0.4 is 10.9 Å². The number of nitrogens with one attached hydrogen (secondary N) is 1. The summed E-state index contributed by atoms with van der Waals surface area (Å²) in [6.07, 6.45) is 10.0. The fourth-order valence-corrected chi connectivity index (χ4v) is 3.36. The molecule has 1 saturated carbocycles. The third-order valence-electron chi connectivity index (χ3n) is 4.32. The van der Waals surface area contributed by atoms with Gasteiger partial charge >= 0.3 is 0 Å². The minimum atomic E-state index is -0.191. The van der Waals surface area contributed by atoms with E-state index in [1.807, 2.05) is 6.92 Å². The molecule has 0 spiro atoms. The Morgan fingerprint density at radius 1 is 1.29 bits per heavy atom. The summed E-state index contributed by atoms with van der Waals surface area (Å²) in [4.78, 5) is 12.1. The number of aromatic nitrogens is 2. The van der Waals surface area contributed by atoms with E-state index in [0.29, 0.717) is 18.3 Å². The Labute approximate surface area is 131 Å². The van der Waals surface area contributed by atoms with Gasteiger partial charge in [-0.05, 0) is 38.0 Å². The van der Waals surface area contributed by atoms with E-state index in [9.17, 15) is 4.79 Å². The molecule has 5 heteroatoms. The van der Waals surface area contributed by atoms with Crippen LogP contribution in [0, 0.1) is 5.92 Å². The molecular formula is C16H26ClN3O. The molecule has 1 aliphatic rings. The first kappa shape index (κ1) is 16.3. The van der Waals surface area contributed by atoms with E-state index in [1.165, 1.54) is 30.4 Å². The summed E-state index contributed by atoms with van der Waals surface area (Å²) in [5, 5.41) is 7.88. The van der Waals surface area contributed by atoms with E-state index in [-0.39, 0.29) is 10.6 Å². The van der Waals surface area contributed by atoms with Crippen LogP contribution in [0.3, 0.4) is 0 Å². The molecule has 1 N–H and O–H groups in total. The quantitative estimate of drug-likeness (QED) is 0.861. The summed E-state index contributed by atoms with van der Waals surface area (Å²) < 4.78 is 1.44. The van der Waals surface area contributed by atoms with Crippen LogP contribution >= 0.6 is 11.6 Å². The van der Waals surface area contributed by atoms with E-state index in [4.69, 9.17) is 11.6 Å². The van der Waals surface area contributed by atoms with Gasteiger partial charge in [-0.25, -0.2) is 4.68 Å². The SMILES string of the molecule is CCCC1CCC(Nc2cnn(CCC)c(=O)c2Cl)CC1. The molecule has 0 aliphatic heterocycles. The molecule has 1 aromatic heterocycles. The largest absolute Gasteiger partial charge is 0.380 e. The second-order valence-corrected chi connectivity index (χ2v) is 6.43. The van der Waals surface area contributed by atoms with Gasteiger partial charge in [0.1, 0.15) is 5.02 Å². The number of hydrogen-bond acceptors (Lipinski definition) is 3. The number of aryl methyl sites for hydroxylation is 1. The Bertz CT molecular complexity index is 507. The minimum absolute atomic E-state index is 0.191. The van der Waals surface area contributed by atoms with Crippen molar-refractivity contribution in [3.05, 3.63) is 21.6 Å². The van der Waals surface area contributed by atoms with E-state index >= 15 is 0 Å². The molecule has 1 fully saturated rings. The lowest BCUT2D eigenvalue weighted by atomic mass is 9.83. The van der Waals surface area contributed by atoms with Gasteiger partial charge in [-0.2, -0.15) is 5.10 Å². The standard InChI is InChI=1S/C16H26ClN3O/c1-3-5-12-6-8-13(9-7-12)19-14-11-18-20(10-4-2)16(21)15(14)17/h11-13,19H,3-10H2,1-2H3. The maximum atomic E-state index is 12.1. The van der Waals surface area contributed by atoms with Crippen molar-refractivity contribution < 1.29 is 0 Å². The lowest BCUT2D eigenvalue weighted by molar-refractivity contribution is 0.319. The number of halogens is 1. The van der Waals surface area contributed by atoms with Crippen LogP contribution in [0.4, 0.5) is 5.69 Å². The predicted octanol–water partition coefficient (Wildman–Crippen LogP) is 4.08. The highest BCUT2D eigenvalue weighted by Gasteiger charge is 2.21. The first-order valence-corrected chi connectivity index (χ1v) is 8.55. The Hall–Kier alpha value is -1.03. The van der Waals surface area contributed by atoms with Gasteiger partial charge in [0, 0.05) is 12.6 Å². The summed E-state index contributed by atoms with van der Waals surface area (Å²) in [5.74, 6) is 0.874. The fourth-order valence-electron chi connectivity index (χ4n) is 3.16. The molecule has 0 saturated heterocycles. The van der Waals surface area contributed by atoms with Gasteiger partial charge in [-0.1, -0.05) is 38.3 Å². The first-order chi connectivity index (χ1) is 10.2. The third-order valence-corrected chi connectivity index (χ3v) is 4.69. The van der Waals surface area contributed by atoms with Crippen molar-refractivity contribution in [1.29, 1.82) is 0 Å². The average Bonchev–Trinajstić information content (AvgIpc) is 2.49. The highest BCUT2D eigenvalue weighted by Crippen LogP contribution is 2.30. The summed E-state index contributed by atoms with van der Waals surface area (Å²) in [7, 11) is 0. The van der Waals surface area contributed by atoms with Crippen LogP contribution in [-0.2, 0) is 6.54 Å². The molecule has 0 aromatic carbocycles. The smallest absolute Gasteiger partial charge is 0.287 e. The molecule has 21 heavy (non-hydrogen) atoms. The van der Waals surface area contributed by atoms with Crippen LogP contribution in [0.1, 0.15) is 58.8 Å². The van der Waals surface area contributed by atoms with Crippen molar-refractivity contribution in [3.8, 4) is 0 Å². The molecule has 0 radical (unpaired) electrons. The van der Waals surface area contributed by atoms with E-state index in [2.05, 4.69) is 17.3 Å². The van der Waals surface area contributed by atoms with Crippen molar-refractivity contribution in [2.45, 2.75) is 71.4 Å². The van der Waals surface area contributed by atoms with Crippen LogP contribution in [-0.4, -0.2) is 15.8 Å². The minimum Gasteiger partial charge on any atom is -0.380 e. The summed E-state index contributed by atoms with van der Waals surface area (Å²) in [5.41, 5.74) is 0.496. The zero-order valence-corrected chi connectivity index (χ0v) is 13.8. The monoisotopic (exact) mass is 311 g/mol.